The van der Waals surface area contributed by atoms with Crippen LogP contribution in [0, 0.1) is 19.8 Å². The molecular formula is C17H26N2O. The van der Waals surface area contributed by atoms with E-state index < -0.39 is 0 Å². The first kappa shape index (κ1) is 15.0. The molecule has 3 nitrogen and oxygen atoms in total. The normalized spacial score (nSPS) is 22.6. The van der Waals surface area contributed by atoms with Crippen LogP contribution in [0.2, 0.25) is 0 Å². The van der Waals surface area contributed by atoms with Crippen molar-refractivity contribution in [2.24, 2.45) is 5.92 Å². The number of nitrogens with one attached hydrogen (secondary N) is 2. The summed E-state index contributed by atoms with van der Waals surface area (Å²) in [4.78, 5) is 12.1. The first-order valence-electron chi connectivity index (χ1n) is 7.62. The summed E-state index contributed by atoms with van der Waals surface area (Å²) >= 11 is 0. The summed E-state index contributed by atoms with van der Waals surface area (Å²) in [5, 5.41) is 6.57. The number of hydrogen-bond donors (Lipinski definition) is 2. The predicted octanol–water partition coefficient (Wildman–Crippen LogP) is 2.35. The third kappa shape index (κ3) is 4.07. The van der Waals surface area contributed by atoms with Gasteiger partial charge < -0.3 is 10.6 Å². The van der Waals surface area contributed by atoms with Gasteiger partial charge in [-0.15, -0.1) is 0 Å². The van der Waals surface area contributed by atoms with Gasteiger partial charge in [-0.3, -0.25) is 4.79 Å². The van der Waals surface area contributed by atoms with E-state index in [4.69, 9.17) is 0 Å². The van der Waals surface area contributed by atoms with Gasteiger partial charge in [0.1, 0.15) is 0 Å². The van der Waals surface area contributed by atoms with E-state index in [1.54, 1.807) is 0 Å². The lowest BCUT2D eigenvalue weighted by molar-refractivity contribution is -0.120. The monoisotopic (exact) mass is 274 g/mol. The molecule has 2 N–H and O–H groups in total. The summed E-state index contributed by atoms with van der Waals surface area (Å²) in [6, 6.07) is 6.70. The van der Waals surface area contributed by atoms with E-state index in [-0.39, 0.29) is 5.91 Å². The fourth-order valence-corrected chi connectivity index (χ4v) is 2.84. The lowest BCUT2D eigenvalue weighted by Crippen LogP contribution is -2.48. The molecule has 0 aliphatic carbocycles. The van der Waals surface area contributed by atoms with Gasteiger partial charge in [0, 0.05) is 12.6 Å². The van der Waals surface area contributed by atoms with Gasteiger partial charge in [0.25, 0.3) is 0 Å². The minimum Gasteiger partial charge on any atom is -0.354 e. The highest BCUT2D eigenvalue weighted by molar-refractivity contribution is 5.79. The van der Waals surface area contributed by atoms with Gasteiger partial charge in [0.05, 0.1) is 6.42 Å². The third-order valence-electron chi connectivity index (χ3n) is 4.30. The maximum absolute atomic E-state index is 12.1. The summed E-state index contributed by atoms with van der Waals surface area (Å²) in [6.45, 7) is 8.20. The van der Waals surface area contributed by atoms with Crippen molar-refractivity contribution in [3.8, 4) is 0 Å². The van der Waals surface area contributed by atoms with Crippen molar-refractivity contribution in [3.05, 3.63) is 34.9 Å². The maximum Gasteiger partial charge on any atom is 0.224 e. The van der Waals surface area contributed by atoms with Gasteiger partial charge in [0.2, 0.25) is 5.91 Å². The molecule has 3 heteroatoms. The highest BCUT2D eigenvalue weighted by Gasteiger charge is 2.20. The van der Waals surface area contributed by atoms with Crippen molar-refractivity contribution in [1.29, 1.82) is 0 Å². The fraction of sp³-hybridized carbons (Fsp3) is 0.588. The van der Waals surface area contributed by atoms with E-state index >= 15 is 0 Å². The van der Waals surface area contributed by atoms with Gasteiger partial charge in [-0.2, -0.15) is 0 Å². The number of hydrogen-bond acceptors (Lipinski definition) is 2. The molecule has 2 unspecified atom stereocenters. The van der Waals surface area contributed by atoms with Crippen LogP contribution in [-0.2, 0) is 11.2 Å². The second-order valence-electron chi connectivity index (χ2n) is 6.09. The minimum atomic E-state index is 0.123. The Morgan fingerprint density at radius 2 is 2.20 bits per heavy atom. The number of rotatable bonds is 4. The van der Waals surface area contributed by atoms with Crippen molar-refractivity contribution in [2.45, 2.75) is 46.1 Å². The van der Waals surface area contributed by atoms with E-state index in [9.17, 15) is 4.79 Å². The summed E-state index contributed by atoms with van der Waals surface area (Å²) in [7, 11) is 0. The smallest absolute Gasteiger partial charge is 0.224 e. The second kappa shape index (κ2) is 6.89. The molecule has 1 amide bonds. The Balaban J connectivity index is 1.84. The van der Waals surface area contributed by atoms with Gasteiger partial charge in [-0.25, -0.2) is 0 Å². The Hall–Kier alpha value is -1.35. The molecule has 1 fully saturated rings. The van der Waals surface area contributed by atoms with Crippen molar-refractivity contribution >= 4 is 5.91 Å². The number of carbonyl (C=O) groups is 1. The highest BCUT2D eigenvalue weighted by Crippen LogP contribution is 2.15. The van der Waals surface area contributed by atoms with Crippen LogP contribution >= 0.6 is 0 Å². The Bertz CT molecular complexity index is 470. The van der Waals surface area contributed by atoms with E-state index in [0.717, 1.165) is 18.7 Å². The Morgan fingerprint density at radius 3 is 2.95 bits per heavy atom. The molecule has 0 bridgehead atoms. The molecule has 0 radical (unpaired) electrons. The van der Waals surface area contributed by atoms with Gasteiger partial charge in [-0.1, -0.05) is 30.7 Å². The highest BCUT2D eigenvalue weighted by atomic mass is 16.1. The van der Waals surface area contributed by atoms with Crippen LogP contribution in [0.4, 0.5) is 0 Å². The molecule has 0 saturated carbocycles. The number of piperidine rings is 1. The molecule has 1 aliphatic rings. The fourth-order valence-electron chi connectivity index (χ4n) is 2.84. The summed E-state index contributed by atoms with van der Waals surface area (Å²) in [6.07, 6.45) is 2.98. The predicted molar refractivity (Wildman–Crippen MR) is 82.8 cm³/mol. The molecular weight excluding hydrogens is 248 g/mol. The first-order valence-corrected chi connectivity index (χ1v) is 7.62. The van der Waals surface area contributed by atoms with Gasteiger partial charge >= 0.3 is 0 Å². The van der Waals surface area contributed by atoms with Gasteiger partial charge in [0.15, 0.2) is 0 Å². The molecule has 20 heavy (non-hydrogen) atoms. The standard InChI is InChI=1S/C17H26N2O/c1-12-6-7-13(2)15(9-12)10-17(20)19-11-16-14(3)5-4-8-18-16/h6-7,9,14,16,18H,4-5,8,10-11H2,1-3H3,(H,19,20). The maximum atomic E-state index is 12.1. The lowest BCUT2D eigenvalue weighted by Gasteiger charge is -2.30. The topological polar surface area (TPSA) is 41.1 Å². The number of carbonyl (C=O) groups excluding carboxylic acids is 1. The van der Waals surface area contributed by atoms with Crippen LogP contribution in [-0.4, -0.2) is 25.0 Å². The zero-order chi connectivity index (χ0) is 14.5. The zero-order valence-electron chi connectivity index (χ0n) is 12.8. The second-order valence-corrected chi connectivity index (χ2v) is 6.09. The van der Waals surface area contributed by atoms with Crippen LogP contribution in [0.1, 0.15) is 36.5 Å². The molecule has 1 aliphatic heterocycles. The SMILES string of the molecule is Cc1ccc(C)c(CC(=O)NCC2NCCCC2C)c1. The van der Waals surface area contributed by atoms with E-state index in [2.05, 4.69) is 49.6 Å². The molecule has 1 saturated heterocycles. The van der Waals surface area contributed by atoms with E-state index in [0.29, 0.717) is 18.4 Å². The number of aryl methyl sites for hydroxylation is 2. The van der Waals surface area contributed by atoms with Crippen LogP contribution in [0.25, 0.3) is 0 Å². The van der Waals surface area contributed by atoms with Crippen molar-refractivity contribution < 1.29 is 4.79 Å². The van der Waals surface area contributed by atoms with Crippen molar-refractivity contribution in [2.75, 3.05) is 13.1 Å². The van der Waals surface area contributed by atoms with Crippen molar-refractivity contribution in [1.82, 2.24) is 10.6 Å². The summed E-state index contributed by atoms with van der Waals surface area (Å²) in [5.74, 6) is 0.767. The van der Waals surface area contributed by atoms with Crippen LogP contribution in [0.15, 0.2) is 18.2 Å². The zero-order valence-corrected chi connectivity index (χ0v) is 12.8. The van der Waals surface area contributed by atoms with E-state index in [1.807, 2.05) is 0 Å². The average Bonchev–Trinajstić information content (AvgIpc) is 2.42. The number of benzene rings is 1. The Kier molecular flexibility index (Phi) is 5.18. The van der Waals surface area contributed by atoms with Crippen LogP contribution in [0.3, 0.4) is 0 Å². The van der Waals surface area contributed by atoms with Crippen molar-refractivity contribution in [3.63, 3.8) is 0 Å². The van der Waals surface area contributed by atoms with Gasteiger partial charge in [-0.05, 0) is 50.3 Å². The average molecular weight is 274 g/mol. The largest absolute Gasteiger partial charge is 0.354 e. The van der Waals surface area contributed by atoms with E-state index in [1.165, 1.54) is 24.0 Å². The number of amides is 1. The first-order chi connectivity index (χ1) is 9.56. The molecule has 1 aromatic rings. The molecule has 1 aromatic carbocycles. The molecule has 2 atom stereocenters. The molecule has 0 spiro atoms. The summed E-state index contributed by atoms with van der Waals surface area (Å²) in [5.41, 5.74) is 3.53. The Labute approximate surface area is 122 Å². The lowest BCUT2D eigenvalue weighted by atomic mass is 9.92. The quantitative estimate of drug-likeness (QED) is 0.885. The van der Waals surface area contributed by atoms with Crippen LogP contribution in [0.5, 0.6) is 0 Å². The minimum absolute atomic E-state index is 0.123. The third-order valence-corrected chi connectivity index (χ3v) is 4.30. The Morgan fingerprint density at radius 1 is 1.40 bits per heavy atom. The van der Waals surface area contributed by atoms with Crippen LogP contribution < -0.4 is 10.6 Å². The molecule has 110 valence electrons. The molecule has 1 heterocycles. The summed E-state index contributed by atoms with van der Waals surface area (Å²) < 4.78 is 0. The molecule has 0 aromatic heterocycles. The molecule has 2 rings (SSSR count).